The van der Waals surface area contributed by atoms with Crippen LogP contribution in [0.2, 0.25) is 0 Å². The van der Waals surface area contributed by atoms with Gasteiger partial charge in [0.05, 0.1) is 11.1 Å². The summed E-state index contributed by atoms with van der Waals surface area (Å²) in [4.78, 5) is 26.3. The highest BCUT2D eigenvalue weighted by Crippen LogP contribution is 2.36. The number of carbonyl (C=O) groups excluding carboxylic acids is 1. The smallest absolute Gasteiger partial charge is 0.221 e. The first kappa shape index (κ1) is 18.9. The average Bonchev–Trinajstić information content (AvgIpc) is 2.71. The van der Waals surface area contributed by atoms with Crippen LogP contribution >= 0.6 is 11.8 Å². The minimum Gasteiger partial charge on any atom is -0.339 e. The first-order valence-corrected chi connectivity index (χ1v) is 9.89. The Hall–Kier alpha value is -3.45. The average molecular weight is 401 g/mol. The summed E-state index contributed by atoms with van der Waals surface area (Å²) >= 11 is 1.64. The van der Waals surface area contributed by atoms with Crippen LogP contribution in [0.25, 0.3) is 11.0 Å². The third-order valence-electron chi connectivity index (χ3n) is 4.20. The van der Waals surface area contributed by atoms with Gasteiger partial charge in [-0.1, -0.05) is 17.8 Å². The number of hydrogen-bond acceptors (Lipinski definition) is 6. The van der Waals surface area contributed by atoms with Crippen molar-refractivity contribution in [3.63, 3.8) is 0 Å². The van der Waals surface area contributed by atoms with Gasteiger partial charge < -0.3 is 10.6 Å². The summed E-state index contributed by atoms with van der Waals surface area (Å²) in [7, 11) is 0. The van der Waals surface area contributed by atoms with Gasteiger partial charge in [0.2, 0.25) is 5.91 Å². The van der Waals surface area contributed by atoms with Crippen LogP contribution in [0.5, 0.6) is 0 Å². The van der Waals surface area contributed by atoms with Gasteiger partial charge in [-0.25, -0.2) is 15.0 Å². The molecule has 0 bridgehead atoms. The number of aromatic nitrogens is 3. The van der Waals surface area contributed by atoms with Crippen LogP contribution in [0.4, 0.5) is 17.2 Å². The summed E-state index contributed by atoms with van der Waals surface area (Å²) in [6.07, 6.45) is 3.23. The predicted octanol–water partition coefficient (Wildman–Crippen LogP) is 5.19. The zero-order chi connectivity index (χ0) is 20.2. The molecule has 2 N–H and O–H groups in total. The van der Waals surface area contributed by atoms with Gasteiger partial charge in [-0.15, -0.1) is 0 Å². The van der Waals surface area contributed by atoms with E-state index in [1.54, 1.807) is 18.0 Å². The van der Waals surface area contributed by atoms with Crippen molar-refractivity contribution >= 4 is 45.9 Å². The van der Waals surface area contributed by atoms with Crippen LogP contribution in [0.1, 0.15) is 12.5 Å². The number of aryl methyl sites for hydroxylation is 1. The minimum absolute atomic E-state index is 0.0815. The van der Waals surface area contributed by atoms with Gasteiger partial charge in [-0.05, 0) is 61.0 Å². The lowest BCUT2D eigenvalue weighted by Gasteiger charge is -2.13. The fourth-order valence-corrected chi connectivity index (χ4v) is 3.77. The molecule has 0 unspecified atom stereocenters. The molecule has 144 valence electrons. The standard InChI is InChI=1S/C22H19N5OS/c1-14-5-10-20(29-17-8-6-16(7-9-17)26-15(2)28)19(12-14)27-22-18-4-3-11-23-21(18)24-13-25-22/h3-13H,1-2H3,(H,26,28)(H,23,24,25,27). The molecule has 6 nitrogen and oxygen atoms in total. The van der Waals surface area contributed by atoms with Crippen molar-refractivity contribution in [2.24, 2.45) is 0 Å². The number of pyridine rings is 1. The third kappa shape index (κ3) is 4.52. The van der Waals surface area contributed by atoms with E-state index >= 15 is 0 Å². The number of hydrogen-bond donors (Lipinski definition) is 2. The van der Waals surface area contributed by atoms with E-state index in [2.05, 4.69) is 50.7 Å². The Kier molecular flexibility index (Phi) is 5.39. The highest BCUT2D eigenvalue weighted by atomic mass is 32.2. The molecule has 0 aliphatic heterocycles. The number of nitrogens with one attached hydrogen (secondary N) is 2. The molecule has 2 aromatic heterocycles. The maximum atomic E-state index is 11.2. The van der Waals surface area contributed by atoms with Gasteiger partial charge in [0, 0.05) is 28.6 Å². The summed E-state index contributed by atoms with van der Waals surface area (Å²) in [6, 6.07) is 17.9. The minimum atomic E-state index is -0.0815. The highest BCUT2D eigenvalue weighted by molar-refractivity contribution is 7.99. The molecule has 0 aliphatic rings. The zero-order valence-electron chi connectivity index (χ0n) is 16.0. The van der Waals surface area contributed by atoms with E-state index in [0.717, 1.165) is 37.9 Å². The molecule has 0 saturated heterocycles. The van der Waals surface area contributed by atoms with Crippen molar-refractivity contribution in [3.05, 3.63) is 72.7 Å². The molecule has 2 aromatic carbocycles. The van der Waals surface area contributed by atoms with Crippen molar-refractivity contribution in [3.8, 4) is 0 Å². The fourth-order valence-electron chi connectivity index (χ4n) is 2.89. The van der Waals surface area contributed by atoms with E-state index in [1.165, 1.54) is 13.3 Å². The number of fused-ring (bicyclic) bond motifs is 1. The molecule has 0 aliphatic carbocycles. The van der Waals surface area contributed by atoms with Crippen LogP contribution in [0.3, 0.4) is 0 Å². The number of nitrogens with zero attached hydrogens (tertiary/aromatic N) is 3. The lowest BCUT2D eigenvalue weighted by Crippen LogP contribution is -2.05. The first-order valence-electron chi connectivity index (χ1n) is 9.07. The lowest BCUT2D eigenvalue weighted by atomic mass is 10.2. The SMILES string of the molecule is CC(=O)Nc1ccc(Sc2ccc(C)cc2Nc2ncnc3ncccc23)cc1. The van der Waals surface area contributed by atoms with Crippen LogP contribution in [0, 0.1) is 6.92 Å². The Balaban J connectivity index is 1.63. The summed E-state index contributed by atoms with van der Waals surface area (Å²) in [6.45, 7) is 3.56. The molecule has 0 radical (unpaired) electrons. The topological polar surface area (TPSA) is 79.8 Å². The number of rotatable bonds is 5. The summed E-state index contributed by atoms with van der Waals surface area (Å²) < 4.78 is 0. The Morgan fingerprint density at radius 3 is 2.62 bits per heavy atom. The van der Waals surface area contributed by atoms with E-state index < -0.39 is 0 Å². The third-order valence-corrected chi connectivity index (χ3v) is 5.28. The molecule has 2 heterocycles. The van der Waals surface area contributed by atoms with Crippen LogP contribution in [-0.2, 0) is 4.79 Å². The molecule has 0 atom stereocenters. The normalized spacial score (nSPS) is 10.7. The number of benzene rings is 2. The maximum absolute atomic E-state index is 11.2. The predicted molar refractivity (Wildman–Crippen MR) is 117 cm³/mol. The van der Waals surface area contributed by atoms with E-state index in [1.807, 2.05) is 36.4 Å². The molecule has 7 heteroatoms. The molecule has 0 fully saturated rings. The van der Waals surface area contributed by atoms with Crippen molar-refractivity contribution in [1.29, 1.82) is 0 Å². The maximum Gasteiger partial charge on any atom is 0.221 e. The van der Waals surface area contributed by atoms with Crippen molar-refractivity contribution in [2.45, 2.75) is 23.6 Å². The molecular weight excluding hydrogens is 382 g/mol. The molecule has 1 amide bonds. The van der Waals surface area contributed by atoms with Gasteiger partial charge in [-0.3, -0.25) is 4.79 Å². The Bertz CT molecular complexity index is 1170. The van der Waals surface area contributed by atoms with Gasteiger partial charge >= 0.3 is 0 Å². The van der Waals surface area contributed by atoms with Crippen molar-refractivity contribution in [2.75, 3.05) is 10.6 Å². The quantitative estimate of drug-likeness (QED) is 0.479. The molecule has 4 aromatic rings. The zero-order valence-corrected chi connectivity index (χ0v) is 16.8. The highest BCUT2D eigenvalue weighted by Gasteiger charge is 2.10. The summed E-state index contributed by atoms with van der Waals surface area (Å²) in [5, 5.41) is 7.10. The Labute approximate surface area is 172 Å². The van der Waals surface area contributed by atoms with E-state index in [0.29, 0.717) is 5.65 Å². The van der Waals surface area contributed by atoms with Gasteiger partial charge in [0.25, 0.3) is 0 Å². The number of amides is 1. The van der Waals surface area contributed by atoms with Crippen LogP contribution < -0.4 is 10.6 Å². The summed E-state index contributed by atoms with van der Waals surface area (Å²) in [5.41, 5.74) is 3.55. The second-order valence-corrected chi connectivity index (χ2v) is 7.64. The van der Waals surface area contributed by atoms with E-state index in [9.17, 15) is 4.79 Å². The van der Waals surface area contributed by atoms with Crippen molar-refractivity contribution < 1.29 is 4.79 Å². The molecule has 0 spiro atoms. The van der Waals surface area contributed by atoms with E-state index in [-0.39, 0.29) is 5.91 Å². The van der Waals surface area contributed by atoms with Crippen molar-refractivity contribution in [1.82, 2.24) is 15.0 Å². The molecule has 0 saturated carbocycles. The lowest BCUT2D eigenvalue weighted by molar-refractivity contribution is -0.114. The molecule has 29 heavy (non-hydrogen) atoms. The fraction of sp³-hybridized carbons (Fsp3) is 0.0909. The van der Waals surface area contributed by atoms with Crippen LogP contribution in [0.15, 0.2) is 76.9 Å². The van der Waals surface area contributed by atoms with Gasteiger partial charge in [0.1, 0.15) is 12.1 Å². The largest absolute Gasteiger partial charge is 0.339 e. The van der Waals surface area contributed by atoms with E-state index in [4.69, 9.17) is 0 Å². The number of anilines is 3. The number of carbonyl (C=O) groups is 1. The first-order chi connectivity index (χ1) is 14.1. The second kappa shape index (κ2) is 8.28. The molecular formula is C22H19N5OS. The Morgan fingerprint density at radius 2 is 1.83 bits per heavy atom. The van der Waals surface area contributed by atoms with Gasteiger partial charge in [-0.2, -0.15) is 0 Å². The summed E-state index contributed by atoms with van der Waals surface area (Å²) in [5.74, 6) is 0.638. The van der Waals surface area contributed by atoms with Gasteiger partial charge in [0.15, 0.2) is 5.65 Å². The van der Waals surface area contributed by atoms with Crippen LogP contribution in [-0.4, -0.2) is 20.9 Å². The monoisotopic (exact) mass is 401 g/mol. The molecule has 4 rings (SSSR count). The second-order valence-electron chi connectivity index (χ2n) is 6.53. The Morgan fingerprint density at radius 1 is 1.00 bits per heavy atom.